The minimum atomic E-state index is -1.28. The van der Waals surface area contributed by atoms with E-state index in [1.165, 1.54) is 12.8 Å². The summed E-state index contributed by atoms with van der Waals surface area (Å²) in [6, 6.07) is 0. The molecule has 2 unspecified atom stereocenters. The van der Waals surface area contributed by atoms with Gasteiger partial charge in [-0.3, -0.25) is 0 Å². The first-order valence-corrected chi connectivity index (χ1v) is 18.5. The molecule has 0 aromatic carbocycles. The van der Waals surface area contributed by atoms with Crippen molar-refractivity contribution in [1.82, 2.24) is 0 Å². The third-order valence-electron chi connectivity index (χ3n) is 16.4. The highest BCUT2D eigenvalue weighted by atomic mass is 16.8. The van der Waals surface area contributed by atoms with Crippen LogP contribution in [0.1, 0.15) is 107 Å². The predicted octanol–water partition coefficient (Wildman–Crippen LogP) is 4.17. The highest BCUT2D eigenvalue weighted by Gasteiger charge is 2.88. The molecule has 17 atom stereocenters. The number of hydrogen-bond acceptors (Lipinski definition) is 9. The SMILES string of the molecule is CCOC(C)(C)[C@H]1O[C@@]23O[C@@H]1C[C@@H](C)C2[C@@]1(C)CCC24C[C@@]25CC[C@@H](O[C@@H]2OC[C@@H](O)[C@H](O)[C@H]2O)C(C)(C)[C@@H]5CC[C@H]4[C@]1(C)[C@@H]3O. The molecule has 8 fully saturated rings. The quantitative estimate of drug-likeness (QED) is 0.325. The molecule has 0 radical (unpaired) electrons. The van der Waals surface area contributed by atoms with E-state index in [0.29, 0.717) is 24.4 Å². The Labute approximate surface area is 275 Å². The lowest BCUT2D eigenvalue weighted by atomic mass is 9.41. The number of fused-ring (bicyclic) bond motifs is 4. The van der Waals surface area contributed by atoms with Gasteiger partial charge in [-0.1, -0.05) is 34.6 Å². The highest BCUT2D eigenvalue weighted by molar-refractivity contribution is 5.34. The minimum absolute atomic E-state index is 0.0486. The van der Waals surface area contributed by atoms with E-state index >= 15 is 0 Å². The van der Waals surface area contributed by atoms with E-state index in [-0.39, 0.29) is 57.9 Å². The number of rotatable bonds is 5. The average Bonchev–Trinajstić information content (AvgIpc) is 3.50. The lowest BCUT2D eigenvalue weighted by Crippen LogP contribution is -2.61. The molecular weight excluding hydrogens is 588 g/mol. The van der Waals surface area contributed by atoms with Gasteiger partial charge in [0.15, 0.2) is 12.1 Å². The van der Waals surface area contributed by atoms with Crippen LogP contribution in [-0.2, 0) is 23.7 Å². The summed E-state index contributed by atoms with van der Waals surface area (Å²) >= 11 is 0. The summed E-state index contributed by atoms with van der Waals surface area (Å²) in [6.07, 6.45) is 2.71. The molecule has 0 aromatic rings. The van der Waals surface area contributed by atoms with E-state index in [9.17, 15) is 20.4 Å². The van der Waals surface area contributed by atoms with E-state index in [1.54, 1.807) is 0 Å². The Hall–Kier alpha value is -0.360. The summed E-state index contributed by atoms with van der Waals surface area (Å²) in [7, 11) is 0. The van der Waals surface area contributed by atoms with Crippen LogP contribution < -0.4 is 0 Å². The topological polar surface area (TPSA) is 127 Å². The summed E-state index contributed by atoms with van der Waals surface area (Å²) in [5.74, 6) is 0.343. The largest absolute Gasteiger partial charge is 0.388 e. The van der Waals surface area contributed by atoms with Crippen molar-refractivity contribution < 1.29 is 44.1 Å². The lowest BCUT2D eigenvalue weighted by molar-refractivity contribution is -0.303. The molecule has 3 heterocycles. The molecule has 3 aliphatic heterocycles. The second-order valence-corrected chi connectivity index (χ2v) is 18.7. The third-order valence-corrected chi connectivity index (χ3v) is 16.4. The molecule has 3 spiro atoms. The molecule has 8 aliphatic rings. The van der Waals surface area contributed by atoms with Gasteiger partial charge in [-0.2, -0.15) is 0 Å². The van der Waals surface area contributed by atoms with Crippen LogP contribution >= 0.6 is 0 Å². The van der Waals surface area contributed by atoms with Gasteiger partial charge in [-0.15, -0.1) is 0 Å². The second kappa shape index (κ2) is 9.91. The first-order chi connectivity index (χ1) is 21.5. The molecule has 9 heteroatoms. The molecule has 0 amide bonds. The molecule has 0 aromatic heterocycles. The van der Waals surface area contributed by atoms with E-state index < -0.39 is 42.1 Å². The molecule has 5 aliphatic carbocycles. The Morgan fingerprint density at radius 2 is 1.57 bits per heavy atom. The van der Waals surface area contributed by atoms with Crippen molar-refractivity contribution in [2.45, 2.75) is 167 Å². The summed E-state index contributed by atoms with van der Waals surface area (Å²) in [4.78, 5) is 0. The van der Waals surface area contributed by atoms with Crippen LogP contribution in [0.4, 0.5) is 0 Å². The Bertz CT molecular complexity index is 1240. The first-order valence-electron chi connectivity index (χ1n) is 18.5. The van der Waals surface area contributed by atoms with Gasteiger partial charge in [0.2, 0.25) is 0 Å². The zero-order valence-corrected chi connectivity index (χ0v) is 29.3. The smallest absolute Gasteiger partial charge is 0.199 e. The van der Waals surface area contributed by atoms with Gasteiger partial charge in [0.05, 0.1) is 24.4 Å². The van der Waals surface area contributed by atoms with Crippen molar-refractivity contribution in [1.29, 1.82) is 0 Å². The third kappa shape index (κ3) is 3.69. The number of ether oxygens (including phenoxy) is 5. The standard InChI is InChI=1S/C37H60O9/c1-9-43-32(5,6)28-21-16-19(2)27-33(7)14-15-36-18-35(36)13-12-24(44-29-26(40)25(39)20(38)17-42-29)31(3,4)22(35)10-11-23(36)34(33,8)30(41)37(27,45-21)46-28/h19-30,38-41H,9-18H2,1-8H3/t19-,20-,21-,22+,23+,24-,25+,26-,27?,28+,29+,30+,33-,34-,35-,36?,37+/m1/s1. The summed E-state index contributed by atoms with van der Waals surface area (Å²) < 4.78 is 32.5. The normalized spacial score (nSPS) is 60.0. The summed E-state index contributed by atoms with van der Waals surface area (Å²) in [6.45, 7) is 18.7. The van der Waals surface area contributed by atoms with Crippen LogP contribution in [0.5, 0.6) is 0 Å². The highest BCUT2D eigenvalue weighted by Crippen LogP contribution is 2.90. The van der Waals surface area contributed by atoms with E-state index in [1.807, 2.05) is 6.92 Å². The van der Waals surface area contributed by atoms with Crippen molar-refractivity contribution in [3.8, 4) is 0 Å². The zero-order valence-electron chi connectivity index (χ0n) is 29.3. The minimum Gasteiger partial charge on any atom is -0.388 e. The molecular formula is C37H60O9. The van der Waals surface area contributed by atoms with Crippen molar-refractivity contribution in [3.05, 3.63) is 0 Å². The first kappa shape index (κ1) is 32.8. The van der Waals surface area contributed by atoms with Gasteiger partial charge >= 0.3 is 0 Å². The fraction of sp³-hybridized carbons (Fsp3) is 1.00. The van der Waals surface area contributed by atoms with Crippen molar-refractivity contribution in [3.63, 3.8) is 0 Å². The molecule has 46 heavy (non-hydrogen) atoms. The fourth-order valence-corrected chi connectivity index (χ4v) is 14.4. The van der Waals surface area contributed by atoms with Crippen LogP contribution in [0.2, 0.25) is 0 Å². The van der Waals surface area contributed by atoms with Crippen molar-refractivity contribution in [2.24, 2.45) is 50.7 Å². The molecule has 2 bridgehead atoms. The zero-order chi connectivity index (χ0) is 33.0. The van der Waals surface area contributed by atoms with Crippen molar-refractivity contribution in [2.75, 3.05) is 13.2 Å². The molecule has 5 saturated carbocycles. The fourth-order valence-electron chi connectivity index (χ4n) is 14.4. The second-order valence-electron chi connectivity index (χ2n) is 18.7. The monoisotopic (exact) mass is 648 g/mol. The Balaban J connectivity index is 1.09. The van der Waals surface area contributed by atoms with Crippen molar-refractivity contribution >= 4 is 0 Å². The van der Waals surface area contributed by atoms with E-state index in [0.717, 1.165) is 38.5 Å². The number of hydrogen-bond donors (Lipinski definition) is 4. The van der Waals surface area contributed by atoms with Gasteiger partial charge in [0, 0.05) is 17.9 Å². The van der Waals surface area contributed by atoms with E-state index in [2.05, 4.69) is 48.5 Å². The maximum absolute atomic E-state index is 12.8. The summed E-state index contributed by atoms with van der Waals surface area (Å²) in [5.41, 5.74) is -0.714. The van der Waals surface area contributed by atoms with Crippen LogP contribution in [-0.4, -0.2) is 94.0 Å². The van der Waals surface area contributed by atoms with Gasteiger partial charge < -0.3 is 44.1 Å². The average molecular weight is 649 g/mol. The van der Waals surface area contributed by atoms with Gasteiger partial charge in [-0.25, -0.2) is 0 Å². The van der Waals surface area contributed by atoms with Gasteiger partial charge in [0.25, 0.3) is 0 Å². The Morgan fingerprint density at radius 3 is 2.28 bits per heavy atom. The predicted molar refractivity (Wildman–Crippen MR) is 168 cm³/mol. The maximum Gasteiger partial charge on any atom is 0.199 e. The van der Waals surface area contributed by atoms with Crippen LogP contribution in [0, 0.1) is 50.7 Å². The molecule has 9 nitrogen and oxygen atoms in total. The molecule has 4 N–H and O–H groups in total. The lowest BCUT2D eigenvalue weighted by Gasteiger charge is -2.63. The van der Waals surface area contributed by atoms with Gasteiger partial charge in [-0.05, 0) is 112 Å². The molecule has 262 valence electrons. The Morgan fingerprint density at radius 1 is 0.870 bits per heavy atom. The van der Waals surface area contributed by atoms with Gasteiger partial charge in [0.1, 0.15) is 30.5 Å². The van der Waals surface area contributed by atoms with Crippen LogP contribution in [0.25, 0.3) is 0 Å². The summed E-state index contributed by atoms with van der Waals surface area (Å²) in [5, 5.41) is 43.7. The number of aliphatic hydroxyl groups excluding tert-OH is 4. The van der Waals surface area contributed by atoms with E-state index in [4.69, 9.17) is 23.7 Å². The Kier molecular flexibility index (Phi) is 7.07. The molecule has 3 saturated heterocycles. The van der Waals surface area contributed by atoms with Crippen LogP contribution in [0.3, 0.4) is 0 Å². The molecule has 8 rings (SSSR count). The maximum atomic E-state index is 12.8. The number of aliphatic hydroxyl groups is 4. The van der Waals surface area contributed by atoms with Crippen LogP contribution in [0.15, 0.2) is 0 Å².